The van der Waals surface area contributed by atoms with Crippen LogP contribution >= 0.6 is 0 Å². The summed E-state index contributed by atoms with van der Waals surface area (Å²) in [4.78, 5) is 12.6. The minimum absolute atomic E-state index is 0.0182. The first-order valence-electron chi connectivity index (χ1n) is 8.58. The molecule has 2 aliphatic rings. The summed E-state index contributed by atoms with van der Waals surface area (Å²) >= 11 is 0. The lowest BCUT2D eigenvalue weighted by Crippen LogP contribution is -2.41. The quantitative estimate of drug-likeness (QED) is 0.867. The van der Waals surface area contributed by atoms with Crippen LogP contribution in [0.3, 0.4) is 0 Å². The molecular formula is C19H19FN2O3S. The van der Waals surface area contributed by atoms with Gasteiger partial charge in [-0.1, -0.05) is 30.3 Å². The molecule has 1 fully saturated rings. The van der Waals surface area contributed by atoms with Crippen molar-refractivity contribution in [1.82, 2.24) is 10.6 Å². The van der Waals surface area contributed by atoms with E-state index in [2.05, 4.69) is 10.6 Å². The van der Waals surface area contributed by atoms with Gasteiger partial charge in [0.1, 0.15) is 5.82 Å². The standard InChI is InChI=1S/C19H19FN2O3S/c20-13-5-3-4-12(10-13)15-11-17(15)22-19(23)21-16-8-9-26(24,25)18-7-2-1-6-14(16)18/h1-7,10,15-17H,8-9,11H2,(H2,21,22,23)/t15-,16-,17+/m1/s1. The predicted molar refractivity (Wildman–Crippen MR) is 95.1 cm³/mol. The number of carbonyl (C=O) groups excluding carboxylic acids is 1. The normalized spacial score (nSPS) is 25.8. The molecule has 2 amide bonds. The number of fused-ring (bicyclic) bond motifs is 1. The van der Waals surface area contributed by atoms with Gasteiger partial charge in [-0.3, -0.25) is 0 Å². The minimum Gasteiger partial charge on any atom is -0.335 e. The number of carbonyl (C=O) groups is 1. The largest absolute Gasteiger partial charge is 0.335 e. The Kier molecular flexibility index (Phi) is 4.19. The van der Waals surface area contributed by atoms with Crippen LogP contribution in [0.15, 0.2) is 53.4 Å². The lowest BCUT2D eigenvalue weighted by Gasteiger charge is -2.26. The van der Waals surface area contributed by atoms with Crippen molar-refractivity contribution < 1.29 is 17.6 Å². The van der Waals surface area contributed by atoms with Crippen LogP contribution in [0.4, 0.5) is 9.18 Å². The number of amides is 2. The minimum atomic E-state index is -3.28. The topological polar surface area (TPSA) is 75.3 Å². The first-order valence-corrected chi connectivity index (χ1v) is 10.2. The van der Waals surface area contributed by atoms with Crippen LogP contribution in [0.5, 0.6) is 0 Å². The molecule has 26 heavy (non-hydrogen) atoms. The maximum Gasteiger partial charge on any atom is 0.315 e. The molecule has 0 bridgehead atoms. The third-order valence-electron chi connectivity index (χ3n) is 4.99. The summed E-state index contributed by atoms with van der Waals surface area (Å²) in [6.07, 6.45) is 1.12. The number of hydrogen-bond acceptors (Lipinski definition) is 3. The first-order chi connectivity index (χ1) is 12.4. The highest BCUT2D eigenvalue weighted by molar-refractivity contribution is 7.91. The Morgan fingerprint density at radius 1 is 1.08 bits per heavy atom. The number of sulfone groups is 1. The van der Waals surface area contributed by atoms with Gasteiger partial charge in [-0.05, 0) is 42.2 Å². The Bertz CT molecular complexity index is 961. The van der Waals surface area contributed by atoms with Gasteiger partial charge in [-0.15, -0.1) is 0 Å². The van der Waals surface area contributed by atoms with Gasteiger partial charge in [0.2, 0.25) is 0 Å². The molecule has 0 unspecified atom stereocenters. The van der Waals surface area contributed by atoms with Crippen LogP contribution in [-0.2, 0) is 9.84 Å². The van der Waals surface area contributed by atoms with Crippen LogP contribution in [0.25, 0.3) is 0 Å². The van der Waals surface area contributed by atoms with Crippen LogP contribution in [0, 0.1) is 5.82 Å². The first kappa shape index (κ1) is 17.0. The molecule has 136 valence electrons. The van der Waals surface area contributed by atoms with Gasteiger partial charge in [0.05, 0.1) is 16.7 Å². The van der Waals surface area contributed by atoms with Crippen molar-refractivity contribution in [2.24, 2.45) is 0 Å². The average molecular weight is 374 g/mol. The van der Waals surface area contributed by atoms with Gasteiger partial charge in [0, 0.05) is 12.0 Å². The van der Waals surface area contributed by atoms with E-state index in [0.717, 1.165) is 12.0 Å². The summed E-state index contributed by atoms with van der Waals surface area (Å²) in [5.74, 6) is -0.141. The lowest BCUT2D eigenvalue weighted by molar-refractivity contribution is 0.235. The number of rotatable bonds is 3. The third-order valence-corrected chi connectivity index (χ3v) is 6.81. The van der Waals surface area contributed by atoms with E-state index >= 15 is 0 Å². The number of urea groups is 1. The van der Waals surface area contributed by atoms with E-state index < -0.39 is 9.84 Å². The van der Waals surface area contributed by atoms with Crippen molar-refractivity contribution in [3.8, 4) is 0 Å². The third kappa shape index (κ3) is 3.31. The molecule has 4 rings (SSSR count). The fourth-order valence-corrected chi connectivity index (χ4v) is 5.19. The van der Waals surface area contributed by atoms with Crippen molar-refractivity contribution in [1.29, 1.82) is 0 Å². The number of hydrogen-bond donors (Lipinski definition) is 2. The fraction of sp³-hybridized carbons (Fsp3) is 0.316. The Balaban J connectivity index is 1.41. The van der Waals surface area contributed by atoms with Crippen molar-refractivity contribution in [2.45, 2.75) is 35.7 Å². The average Bonchev–Trinajstić information content (AvgIpc) is 3.37. The van der Waals surface area contributed by atoms with Crippen molar-refractivity contribution >= 4 is 15.9 Å². The molecule has 1 saturated carbocycles. The summed E-state index contributed by atoms with van der Waals surface area (Å²) in [7, 11) is -3.28. The summed E-state index contributed by atoms with van der Waals surface area (Å²) in [6.45, 7) is 0. The molecule has 2 aromatic rings. The molecule has 0 saturated heterocycles. The molecule has 1 aliphatic heterocycles. The molecule has 7 heteroatoms. The van der Waals surface area contributed by atoms with Gasteiger partial charge in [-0.25, -0.2) is 17.6 Å². The molecule has 1 heterocycles. The summed E-state index contributed by atoms with van der Waals surface area (Å²) < 4.78 is 37.6. The Labute approximate surface area is 151 Å². The van der Waals surface area contributed by atoms with E-state index in [9.17, 15) is 17.6 Å². The SMILES string of the molecule is O=C(N[C@H]1C[C@@H]1c1cccc(F)c1)N[C@@H]1CCS(=O)(=O)c2ccccc21. The van der Waals surface area contributed by atoms with Crippen LogP contribution in [0.1, 0.15) is 35.9 Å². The molecule has 0 spiro atoms. The van der Waals surface area contributed by atoms with Gasteiger partial charge >= 0.3 is 6.03 Å². The lowest BCUT2D eigenvalue weighted by atomic mass is 10.0. The Morgan fingerprint density at radius 2 is 1.88 bits per heavy atom. The molecule has 2 aromatic carbocycles. The predicted octanol–water partition coefficient (Wildman–Crippen LogP) is 2.90. The smallest absolute Gasteiger partial charge is 0.315 e. The Hall–Kier alpha value is -2.41. The number of nitrogens with one attached hydrogen (secondary N) is 2. The molecule has 2 N–H and O–H groups in total. The van der Waals surface area contributed by atoms with Gasteiger partial charge in [0.15, 0.2) is 9.84 Å². The van der Waals surface area contributed by atoms with E-state index in [1.807, 2.05) is 6.07 Å². The van der Waals surface area contributed by atoms with Crippen molar-refractivity contribution in [3.63, 3.8) is 0 Å². The monoisotopic (exact) mass is 374 g/mol. The zero-order valence-electron chi connectivity index (χ0n) is 14.0. The van der Waals surface area contributed by atoms with Crippen LogP contribution in [0.2, 0.25) is 0 Å². The highest BCUT2D eigenvalue weighted by Gasteiger charge is 2.40. The second kappa shape index (κ2) is 6.39. The Morgan fingerprint density at radius 3 is 2.69 bits per heavy atom. The van der Waals surface area contributed by atoms with Crippen LogP contribution < -0.4 is 10.6 Å². The second-order valence-electron chi connectivity index (χ2n) is 6.82. The van der Waals surface area contributed by atoms with Crippen molar-refractivity contribution in [3.05, 3.63) is 65.5 Å². The van der Waals surface area contributed by atoms with E-state index in [0.29, 0.717) is 16.9 Å². The molecule has 1 aliphatic carbocycles. The van der Waals surface area contributed by atoms with Gasteiger partial charge in [-0.2, -0.15) is 0 Å². The van der Waals surface area contributed by atoms with E-state index in [1.165, 1.54) is 12.1 Å². The zero-order chi connectivity index (χ0) is 18.3. The van der Waals surface area contributed by atoms with Crippen LogP contribution in [-0.4, -0.2) is 26.2 Å². The number of halogens is 1. The molecule has 3 atom stereocenters. The van der Waals surface area contributed by atoms with Gasteiger partial charge < -0.3 is 10.6 Å². The zero-order valence-corrected chi connectivity index (χ0v) is 14.8. The second-order valence-corrected chi connectivity index (χ2v) is 8.90. The maximum atomic E-state index is 13.3. The van der Waals surface area contributed by atoms with E-state index in [-0.39, 0.29) is 35.6 Å². The van der Waals surface area contributed by atoms with Gasteiger partial charge in [0.25, 0.3) is 0 Å². The van der Waals surface area contributed by atoms with E-state index in [1.54, 1.807) is 30.3 Å². The van der Waals surface area contributed by atoms with E-state index in [4.69, 9.17) is 0 Å². The molecule has 0 radical (unpaired) electrons. The highest BCUT2D eigenvalue weighted by Crippen LogP contribution is 2.41. The molecule has 0 aromatic heterocycles. The summed E-state index contributed by atoms with van der Waals surface area (Å²) in [5, 5.41) is 5.78. The summed E-state index contributed by atoms with van der Waals surface area (Å²) in [5.41, 5.74) is 1.51. The van der Waals surface area contributed by atoms with Crippen molar-refractivity contribution in [2.75, 3.05) is 5.75 Å². The maximum absolute atomic E-state index is 13.3. The molecule has 5 nitrogen and oxygen atoms in total. The number of benzene rings is 2. The fourth-order valence-electron chi connectivity index (χ4n) is 3.57. The highest BCUT2D eigenvalue weighted by atomic mass is 32.2. The molecular weight excluding hydrogens is 355 g/mol. The summed E-state index contributed by atoms with van der Waals surface area (Å²) in [6, 6.07) is 12.5.